The van der Waals surface area contributed by atoms with Gasteiger partial charge in [0, 0.05) is 28.8 Å². The minimum atomic E-state index is 0. The Bertz CT molecular complexity index is 2320. The third-order valence-corrected chi connectivity index (χ3v) is 9.22. The number of hydrogen-bond acceptors (Lipinski definition) is 3. The Morgan fingerprint density at radius 3 is 2.12 bits per heavy atom. The van der Waals surface area contributed by atoms with Gasteiger partial charge in [0.05, 0.1) is 11.4 Å². The number of fused-ring (bicyclic) bond motifs is 3. The van der Waals surface area contributed by atoms with Gasteiger partial charge in [0.2, 0.25) is 0 Å². The monoisotopic (exact) mass is 736 g/mol. The smallest absolute Gasteiger partial charge is 0.509 e. The molecule has 7 aromatic rings. The van der Waals surface area contributed by atoms with Crippen LogP contribution in [0, 0.1) is 46.8 Å². The van der Waals surface area contributed by atoms with Gasteiger partial charge in [-0.3, -0.25) is 4.68 Å². The summed E-state index contributed by atoms with van der Waals surface area (Å²) in [5, 5.41) is 7.41. The zero-order chi connectivity index (χ0) is 33.9. The molecule has 4 aromatic carbocycles. The maximum Gasteiger partial charge on any atom is 2.00 e. The van der Waals surface area contributed by atoms with Crippen LogP contribution in [-0.2, 0) is 20.4 Å². The van der Waals surface area contributed by atoms with E-state index in [1.165, 1.54) is 33.5 Å². The Kier molecular flexibility index (Phi) is 9.42. The minimum absolute atomic E-state index is 0. The van der Waals surface area contributed by atoms with Crippen LogP contribution in [-0.4, -0.2) is 19.3 Å². The van der Waals surface area contributed by atoms with Gasteiger partial charge in [0.25, 0.3) is 0 Å². The largest absolute Gasteiger partial charge is 2.00 e. The Morgan fingerprint density at radius 1 is 0.694 bits per heavy atom. The SMILES string of the molecule is Cc1ccnc(-n2c3[c-]c(Oc4[c-]c(-n5nc(C)c(-c6c(C)cc(C)cc6C)c5C(C)C)cc(C(C)C)c4)ccc3c3ccccc32)c1.[Pd+2]. The second kappa shape index (κ2) is 13.4. The molecule has 0 aliphatic heterocycles. The van der Waals surface area contributed by atoms with Gasteiger partial charge in [-0.25, -0.2) is 4.98 Å². The fourth-order valence-electron chi connectivity index (χ4n) is 7.13. The van der Waals surface area contributed by atoms with Gasteiger partial charge in [-0.15, -0.1) is 41.3 Å². The average molecular weight is 737 g/mol. The van der Waals surface area contributed by atoms with Crippen LogP contribution in [0.1, 0.15) is 78.7 Å². The number of aromatic nitrogens is 4. The first-order chi connectivity index (χ1) is 23.0. The molecule has 49 heavy (non-hydrogen) atoms. The van der Waals surface area contributed by atoms with E-state index in [2.05, 4.69) is 144 Å². The summed E-state index contributed by atoms with van der Waals surface area (Å²) in [5.41, 5.74) is 13.7. The summed E-state index contributed by atoms with van der Waals surface area (Å²) in [4.78, 5) is 4.73. The van der Waals surface area contributed by atoms with Gasteiger partial charge >= 0.3 is 20.4 Å². The molecule has 0 fully saturated rings. The third-order valence-electron chi connectivity index (χ3n) is 9.22. The quantitative estimate of drug-likeness (QED) is 0.121. The maximum atomic E-state index is 6.64. The predicted octanol–water partition coefficient (Wildman–Crippen LogP) is 11.2. The van der Waals surface area contributed by atoms with Crippen LogP contribution in [0.2, 0.25) is 0 Å². The second-order valence-corrected chi connectivity index (χ2v) is 13.7. The molecule has 3 heterocycles. The fraction of sp³-hybridized carbons (Fsp3) is 0.256. The molecule has 0 amide bonds. The molecule has 6 heteroatoms. The molecule has 250 valence electrons. The number of nitrogens with zero attached hydrogens (tertiary/aromatic N) is 4. The summed E-state index contributed by atoms with van der Waals surface area (Å²) in [6.07, 6.45) is 1.86. The molecule has 0 saturated carbocycles. The molecule has 0 saturated heterocycles. The Morgan fingerprint density at radius 2 is 1.43 bits per heavy atom. The molecule has 3 aromatic heterocycles. The van der Waals surface area contributed by atoms with Crippen molar-refractivity contribution in [1.82, 2.24) is 19.3 Å². The van der Waals surface area contributed by atoms with E-state index in [1.54, 1.807) is 0 Å². The van der Waals surface area contributed by atoms with Crippen molar-refractivity contribution in [2.45, 2.75) is 74.1 Å². The normalized spacial score (nSPS) is 11.6. The zero-order valence-electron chi connectivity index (χ0n) is 29.7. The Balaban J connectivity index is 0.00000417. The van der Waals surface area contributed by atoms with Crippen molar-refractivity contribution >= 4 is 21.8 Å². The van der Waals surface area contributed by atoms with E-state index < -0.39 is 0 Å². The van der Waals surface area contributed by atoms with Crippen LogP contribution in [0.4, 0.5) is 0 Å². The van der Waals surface area contributed by atoms with E-state index in [1.807, 2.05) is 18.3 Å². The van der Waals surface area contributed by atoms with Crippen molar-refractivity contribution in [3.05, 3.63) is 130 Å². The molecular weight excluding hydrogens is 695 g/mol. The van der Waals surface area contributed by atoms with Crippen molar-refractivity contribution in [2.24, 2.45) is 0 Å². The summed E-state index contributed by atoms with van der Waals surface area (Å²) in [6, 6.07) is 32.7. The summed E-state index contributed by atoms with van der Waals surface area (Å²) < 4.78 is 10.9. The molecule has 0 unspecified atom stereocenters. The number of para-hydroxylation sites is 1. The van der Waals surface area contributed by atoms with Crippen LogP contribution < -0.4 is 4.74 Å². The molecule has 0 aliphatic carbocycles. The summed E-state index contributed by atoms with van der Waals surface area (Å²) in [7, 11) is 0. The van der Waals surface area contributed by atoms with E-state index in [0.717, 1.165) is 50.1 Å². The van der Waals surface area contributed by atoms with Crippen LogP contribution >= 0.6 is 0 Å². The topological polar surface area (TPSA) is 44.9 Å². The molecule has 0 bridgehead atoms. The van der Waals surface area contributed by atoms with E-state index in [4.69, 9.17) is 14.8 Å². The number of pyridine rings is 1. The molecular formula is C43H42N4OPd. The van der Waals surface area contributed by atoms with Gasteiger partial charge in [-0.1, -0.05) is 69.1 Å². The number of rotatable bonds is 7. The first kappa shape index (κ1) is 34.4. The maximum absolute atomic E-state index is 6.64. The summed E-state index contributed by atoms with van der Waals surface area (Å²) in [5.74, 6) is 2.62. The Hall–Kier alpha value is -4.50. The van der Waals surface area contributed by atoms with E-state index in [9.17, 15) is 0 Å². The van der Waals surface area contributed by atoms with Crippen LogP contribution in [0.5, 0.6) is 11.5 Å². The average Bonchev–Trinajstić information content (AvgIpc) is 3.55. The van der Waals surface area contributed by atoms with Crippen molar-refractivity contribution < 1.29 is 25.2 Å². The fourth-order valence-corrected chi connectivity index (χ4v) is 7.13. The predicted molar refractivity (Wildman–Crippen MR) is 197 cm³/mol. The Labute approximate surface area is 303 Å². The van der Waals surface area contributed by atoms with Crippen LogP contribution in [0.25, 0.3) is 44.4 Å². The van der Waals surface area contributed by atoms with Crippen LogP contribution in [0.15, 0.2) is 79.0 Å². The van der Waals surface area contributed by atoms with Crippen LogP contribution in [0.3, 0.4) is 0 Å². The van der Waals surface area contributed by atoms with E-state index in [0.29, 0.717) is 11.5 Å². The second-order valence-electron chi connectivity index (χ2n) is 13.7. The standard InChI is InChI=1S/C43H42N4O.Pd/c1-25(2)32-21-33(47-43(26(3)4)42(31(9)45-47)41-29(7)18-28(6)19-30(41)8)23-35(22-32)48-34-14-15-37-36-12-10-11-13-38(36)46(39(37)24-34)40-20-27(5)16-17-44-40;/h10-22,25-26H,1-9H3;/q-2;+2. The summed E-state index contributed by atoms with van der Waals surface area (Å²) in [6.45, 7) is 19.7. The van der Waals surface area contributed by atoms with Gasteiger partial charge in [0.1, 0.15) is 5.82 Å². The molecule has 0 spiro atoms. The molecule has 0 atom stereocenters. The molecule has 5 nitrogen and oxygen atoms in total. The van der Waals surface area contributed by atoms with Gasteiger partial charge in [-0.2, -0.15) is 11.2 Å². The van der Waals surface area contributed by atoms with Crippen molar-refractivity contribution in [1.29, 1.82) is 0 Å². The minimum Gasteiger partial charge on any atom is -0.509 e. The number of ether oxygens (including phenoxy) is 1. The number of hydrogen-bond donors (Lipinski definition) is 0. The van der Waals surface area contributed by atoms with Crippen molar-refractivity contribution in [3.8, 4) is 34.1 Å². The van der Waals surface area contributed by atoms with Crippen molar-refractivity contribution in [2.75, 3.05) is 0 Å². The third kappa shape index (κ3) is 6.25. The summed E-state index contributed by atoms with van der Waals surface area (Å²) >= 11 is 0. The molecule has 7 rings (SSSR count). The zero-order valence-corrected chi connectivity index (χ0v) is 31.2. The number of benzene rings is 4. The first-order valence-corrected chi connectivity index (χ1v) is 16.8. The van der Waals surface area contributed by atoms with Gasteiger partial charge in [0.15, 0.2) is 0 Å². The number of aryl methyl sites for hydroxylation is 5. The molecule has 0 N–H and O–H groups in total. The molecule has 0 aliphatic rings. The van der Waals surface area contributed by atoms with Gasteiger partial charge in [-0.05, 0) is 98.0 Å². The first-order valence-electron chi connectivity index (χ1n) is 16.8. The van der Waals surface area contributed by atoms with Crippen molar-refractivity contribution in [3.63, 3.8) is 0 Å². The molecule has 0 radical (unpaired) electrons. The van der Waals surface area contributed by atoms with Gasteiger partial charge < -0.3 is 9.30 Å². The van der Waals surface area contributed by atoms with E-state index >= 15 is 0 Å². The van der Waals surface area contributed by atoms with E-state index in [-0.39, 0.29) is 32.3 Å².